The minimum atomic E-state index is 0.627. The maximum Gasteiger partial charge on any atom is 0.200 e. The first-order valence-electron chi connectivity index (χ1n) is 7.34. The Morgan fingerprint density at radius 1 is 1.17 bits per heavy atom. The van der Waals surface area contributed by atoms with Gasteiger partial charge in [-0.25, -0.2) is 0 Å². The third-order valence-electron chi connectivity index (χ3n) is 3.36. The van der Waals surface area contributed by atoms with Crippen molar-refractivity contribution in [1.29, 1.82) is 0 Å². The van der Waals surface area contributed by atoms with Gasteiger partial charge in [-0.15, -0.1) is 10.2 Å². The van der Waals surface area contributed by atoms with Gasteiger partial charge in [0.15, 0.2) is 15.6 Å². The van der Waals surface area contributed by atoms with E-state index in [1.54, 1.807) is 11.8 Å². The lowest BCUT2D eigenvalue weighted by atomic mass is 10.2. The zero-order valence-electron chi connectivity index (χ0n) is 12.8. The fourth-order valence-corrected chi connectivity index (χ4v) is 4.26. The van der Waals surface area contributed by atoms with Crippen molar-refractivity contribution >= 4 is 50.9 Å². The van der Waals surface area contributed by atoms with Crippen LogP contribution >= 0.6 is 50.9 Å². The van der Waals surface area contributed by atoms with Crippen molar-refractivity contribution < 1.29 is 4.42 Å². The zero-order chi connectivity index (χ0) is 17.1. The number of aromatic nitrogens is 3. The molecular formula is C16H14BrCl2N3OS. The molecule has 0 fully saturated rings. The highest BCUT2D eigenvalue weighted by Gasteiger charge is 2.17. The van der Waals surface area contributed by atoms with Crippen LogP contribution in [0.3, 0.4) is 0 Å². The fraction of sp³-hybridized carbons (Fsp3) is 0.250. The molecule has 24 heavy (non-hydrogen) atoms. The van der Waals surface area contributed by atoms with Gasteiger partial charge in [0.2, 0.25) is 5.82 Å². The summed E-state index contributed by atoms with van der Waals surface area (Å²) >= 11 is 17.4. The van der Waals surface area contributed by atoms with Gasteiger partial charge in [-0.05, 0) is 52.2 Å². The van der Waals surface area contributed by atoms with Crippen LogP contribution in [0.25, 0.3) is 11.6 Å². The predicted octanol–water partition coefficient (Wildman–Crippen LogP) is 6.31. The van der Waals surface area contributed by atoms with Crippen molar-refractivity contribution in [1.82, 2.24) is 14.8 Å². The van der Waals surface area contributed by atoms with Gasteiger partial charge in [-0.2, -0.15) is 0 Å². The summed E-state index contributed by atoms with van der Waals surface area (Å²) in [6, 6.07) is 9.24. The van der Waals surface area contributed by atoms with Crippen LogP contribution in [0.4, 0.5) is 0 Å². The molecule has 0 aliphatic heterocycles. The van der Waals surface area contributed by atoms with Gasteiger partial charge < -0.3 is 4.42 Å². The molecule has 2 heterocycles. The zero-order valence-corrected chi connectivity index (χ0v) is 16.7. The highest BCUT2D eigenvalue weighted by molar-refractivity contribution is 9.10. The molecule has 3 aromatic rings. The second-order valence-corrected chi connectivity index (χ2v) is 7.59. The molecule has 0 unspecified atom stereocenters. The van der Waals surface area contributed by atoms with Gasteiger partial charge in [0, 0.05) is 22.3 Å². The number of hydrogen-bond donors (Lipinski definition) is 0. The first kappa shape index (κ1) is 17.9. The third kappa shape index (κ3) is 3.82. The Bertz CT molecular complexity index is 829. The van der Waals surface area contributed by atoms with Crippen molar-refractivity contribution in [3.05, 3.63) is 50.6 Å². The second kappa shape index (κ2) is 7.95. The van der Waals surface area contributed by atoms with Crippen LogP contribution in [0.2, 0.25) is 10.0 Å². The number of rotatable bonds is 6. The molecule has 0 atom stereocenters. The minimum Gasteiger partial charge on any atom is -0.446 e. The van der Waals surface area contributed by atoms with Gasteiger partial charge >= 0.3 is 0 Å². The summed E-state index contributed by atoms with van der Waals surface area (Å²) in [5.74, 6) is 2.03. The number of thioether (sulfide) groups is 1. The van der Waals surface area contributed by atoms with Crippen LogP contribution in [0.5, 0.6) is 0 Å². The normalized spacial score (nSPS) is 11.2. The number of halogens is 3. The molecule has 8 heteroatoms. The minimum absolute atomic E-state index is 0.627. The summed E-state index contributed by atoms with van der Waals surface area (Å²) in [5, 5.41) is 10.7. The molecule has 2 aromatic heterocycles. The summed E-state index contributed by atoms with van der Waals surface area (Å²) in [6.45, 7) is 2.92. The molecule has 3 rings (SSSR count). The standard InChI is InChI=1S/C16H14BrCl2N3OS/c1-2-8-22-15(13-6-7-14(17)23-13)20-21-16(22)24-9-10-11(18)4-3-5-12(10)19/h3-7H,2,8-9H2,1H3. The van der Waals surface area contributed by atoms with E-state index in [9.17, 15) is 0 Å². The Kier molecular flexibility index (Phi) is 5.92. The monoisotopic (exact) mass is 445 g/mol. The molecule has 0 radical (unpaired) electrons. The fourth-order valence-electron chi connectivity index (χ4n) is 2.24. The molecule has 0 saturated carbocycles. The largest absolute Gasteiger partial charge is 0.446 e. The Balaban J connectivity index is 1.87. The average Bonchev–Trinajstić information content (AvgIpc) is 3.14. The molecular weight excluding hydrogens is 433 g/mol. The van der Waals surface area contributed by atoms with Crippen molar-refractivity contribution in [3.8, 4) is 11.6 Å². The summed E-state index contributed by atoms with van der Waals surface area (Å²) in [7, 11) is 0. The molecule has 0 saturated heterocycles. The van der Waals surface area contributed by atoms with Gasteiger partial charge in [-0.3, -0.25) is 4.57 Å². The average molecular weight is 447 g/mol. The van der Waals surface area contributed by atoms with Gasteiger partial charge in [0.05, 0.1) is 0 Å². The summed E-state index contributed by atoms with van der Waals surface area (Å²) < 4.78 is 8.34. The van der Waals surface area contributed by atoms with Crippen molar-refractivity contribution in [3.63, 3.8) is 0 Å². The SMILES string of the molecule is CCCn1c(SCc2c(Cl)cccc2Cl)nnc1-c1ccc(Br)o1. The molecule has 0 spiro atoms. The lowest BCUT2D eigenvalue weighted by molar-refractivity contribution is 0.539. The quantitative estimate of drug-likeness (QED) is 0.416. The molecule has 0 aliphatic rings. The van der Waals surface area contributed by atoms with Crippen molar-refractivity contribution in [2.24, 2.45) is 0 Å². The van der Waals surface area contributed by atoms with Crippen molar-refractivity contribution in [2.75, 3.05) is 0 Å². The summed E-state index contributed by atoms with van der Waals surface area (Å²) in [6.07, 6.45) is 0.966. The van der Waals surface area contributed by atoms with E-state index in [1.807, 2.05) is 30.3 Å². The van der Waals surface area contributed by atoms with E-state index in [0.29, 0.717) is 26.2 Å². The van der Waals surface area contributed by atoms with Crippen LogP contribution in [0.1, 0.15) is 18.9 Å². The topological polar surface area (TPSA) is 43.9 Å². The van der Waals surface area contributed by atoms with Gasteiger partial charge in [0.1, 0.15) is 0 Å². The van der Waals surface area contributed by atoms with Crippen LogP contribution < -0.4 is 0 Å². The van der Waals surface area contributed by atoms with E-state index in [4.69, 9.17) is 27.6 Å². The van der Waals surface area contributed by atoms with E-state index < -0.39 is 0 Å². The van der Waals surface area contributed by atoms with E-state index >= 15 is 0 Å². The van der Waals surface area contributed by atoms with Crippen LogP contribution in [-0.4, -0.2) is 14.8 Å². The Morgan fingerprint density at radius 3 is 2.54 bits per heavy atom. The highest BCUT2D eigenvalue weighted by atomic mass is 79.9. The van der Waals surface area contributed by atoms with Crippen molar-refractivity contribution in [2.45, 2.75) is 30.8 Å². The maximum atomic E-state index is 6.24. The maximum absolute atomic E-state index is 6.24. The predicted molar refractivity (Wildman–Crippen MR) is 102 cm³/mol. The molecule has 0 bridgehead atoms. The first-order chi connectivity index (χ1) is 11.6. The van der Waals surface area contributed by atoms with E-state index in [1.165, 1.54) is 0 Å². The smallest absolute Gasteiger partial charge is 0.200 e. The lowest BCUT2D eigenvalue weighted by Crippen LogP contribution is -2.01. The molecule has 0 aliphatic carbocycles. The molecule has 4 nitrogen and oxygen atoms in total. The summed E-state index contributed by atoms with van der Waals surface area (Å²) in [5.41, 5.74) is 0.902. The number of benzene rings is 1. The third-order valence-corrected chi connectivity index (χ3v) is 5.49. The Hall–Kier alpha value is -0.950. The van der Waals surface area contributed by atoms with Crippen LogP contribution in [0.15, 0.2) is 44.6 Å². The van der Waals surface area contributed by atoms with E-state index in [-0.39, 0.29) is 0 Å². The van der Waals surface area contributed by atoms with Gasteiger partial charge in [0.25, 0.3) is 0 Å². The highest BCUT2D eigenvalue weighted by Crippen LogP contribution is 2.33. The number of hydrogen-bond acceptors (Lipinski definition) is 4. The molecule has 126 valence electrons. The first-order valence-corrected chi connectivity index (χ1v) is 9.88. The van der Waals surface area contributed by atoms with Crippen LogP contribution in [-0.2, 0) is 12.3 Å². The Labute approximate surface area is 162 Å². The van der Waals surface area contributed by atoms with E-state index in [0.717, 1.165) is 29.5 Å². The van der Waals surface area contributed by atoms with Gasteiger partial charge in [-0.1, -0.05) is 48.0 Å². The summed E-state index contributed by atoms with van der Waals surface area (Å²) in [4.78, 5) is 0. The number of furan rings is 1. The molecule has 0 N–H and O–H groups in total. The second-order valence-electron chi connectivity index (χ2n) is 5.05. The van der Waals surface area contributed by atoms with Crippen LogP contribution in [0, 0.1) is 0 Å². The van der Waals surface area contributed by atoms with E-state index in [2.05, 4.69) is 37.6 Å². The molecule has 1 aromatic carbocycles. The number of nitrogens with zero attached hydrogens (tertiary/aromatic N) is 3. The Morgan fingerprint density at radius 2 is 1.92 bits per heavy atom. The lowest BCUT2D eigenvalue weighted by Gasteiger charge is -2.09. The molecule has 0 amide bonds.